The highest BCUT2D eigenvalue weighted by Crippen LogP contribution is 2.09. The molecule has 0 aliphatic carbocycles. The Kier molecular flexibility index (Phi) is 5.46. The summed E-state index contributed by atoms with van der Waals surface area (Å²) in [5, 5.41) is 0. The molecule has 0 amide bonds. The topological polar surface area (TPSA) is 34.1 Å². The minimum absolute atomic E-state index is 0.0161. The molecule has 0 saturated heterocycles. The van der Waals surface area contributed by atoms with Crippen LogP contribution in [0, 0.1) is 5.92 Å². The highest BCUT2D eigenvalue weighted by molar-refractivity contribution is 7.80. The second-order valence-electron chi connectivity index (χ2n) is 3.59. The Hall–Kier alpha value is -0.830. The van der Waals surface area contributed by atoms with E-state index in [1.165, 1.54) is 6.92 Å². The van der Waals surface area contributed by atoms with E-state index in [4.69, 9.17) is 12.2 Å². The number of rotatable bonds is 5. The first-order valence-corrected chi connectivity index (χ1v) is 4.98. The third-order valence-electron chi connectivity index (χ3n) is 1.99. The molecule has 0 aromatic carbocycles. The lowest BCUT2D eigenvalue weighted by molar-refractivity contribution is -0.117. The van der Waals surface area contributed by atoms with Crippen LogP contribution >= 0.6 is 12.2 Å². The number of carbonyl (C=O) groups is 2. The molecule has 14 heavy (non-hydrogen) atoms. The van der Waals surface area contributed by atoms with Crippen LogP contribution in [0.3, 0.4) is 0 Å². The summed E-state index contributed by atoms with van der Waals surface area (Å²) >= 11 is 5.11. The number of thiocarbonyl (C=S) groups is 1. The molecule has 0 heterocycles. The van der Waals surface area contributed by atoms with Gasteiger partial charge >= 0.3 is 0 Å². The fourth-order valence-corrected chi connectivity index (χ4v) is 1.25. The highest BCUT2D eigenvalue weighted by atomic mass is 32.1. The van der Waals surface area contributed by atoms with E-state index >= 15 is 0 Å². The summed E-state index contributed by atoms with van der Waals surface area (Å²) in [4.78, 5) is 22.4. The smallest absolute Gasteiger partial charge is 0.155 e. The van der Waals surface area contributed by atoms with Crippen molar-refractivity contribution >= 4 is 28.6 Å². The van der Waals surface area contributed by atoms with Crippen molar-refractivity contribution in [1.82, 2.24) is 0 Å². The van der Waals surface area contributed by atoms with E-state index in [1.807, 2.05) is 6.92 Å². The summed E-state index contributed by atoms with van der Waals surface area (Å²) in [5.41, 5.74) is 0.644. The van der Waals surface area contributed by atoms with Crippen molar-refractivity contribution in [3.8, 4) is 0 Å². The van der Waals surface area contributed by atoms with Crippen molar-refractivity contribution in [3.63, 3.8) is 0 Å². The zero-order valence-corrected chi connectivity index (χ0v) is 9.90. The lowest BCUT2D eigenvalue weighted by atomic mass is 9.99. The van der Waals surface area contributed by atoms with Gasteiger partial charge in [-0.15, -0.1) is 0 Å². The van der Waals surface area contributed by atoms with Gasteiger partial charge in [0.25, 0.3) is 0 Å². The molecule has 0 rings (SSSR count). The molecular weight excluding hydrogens is 196 g/mol. The Morgan fingerprint density at radius 3 is 2.14 bits per heavy atom. The van der Waals surface area contributed by atoms with Crippen molar-refractivity contribution in [2.75, 3.05) is 0 Å². The highest BCUT2D eigenvalue weighted by Gasteiger charge is 2.10. The fourth-order valence-electron chi connectivity index (χ4n) is 0.989. The summed E-state index contributed by atoms with van der Waals surface area (Å²) in [5.74, 6) is 0.174. The molecule has 0 saturated carbocycles. The second-order valence-corrected chi connectivity index (χ2v) is 4.06. The number of ketones is 2. The SMILES string of the molecule is CC(=O)CC(C)C(=S)/C=C(\C)C(C)=O. The zero-order chi connectivity index (χ0) is 11.3. The Morgan fingerprint density at radius 1 is 1.29 bits per heavy atom. The number of Topliss-reactive ketones (excluding diaryl/α,β-unsaturated/α-hetero) is 2. The van der Waals surface area contributed by atoms with Gasteiger partial charge in [0, 0.05) is 11.3 Å². The maximum absolute atomic E-state index is 10.9. The Labute approximate surface area is 90.4 Å². The summed E-state index contributed by atoms with van der Waals surface area (Å²) in [7, 11) is 0. The van der Waals surface area contributed by atoms with Gasteiger partial charge in [-0.1, -0.05) is 19.1 Å². The van der Waals surface area contributed by atoms with Gasteiger partial charge < -0.3 is 4.79 Å². The molecule has 2 nitrogen and oxygen atoms in total. The first-order valence-electron chi connectivity index (χ1n) is 4.57. The van der Waals surface area contributed by atoms with Gasteiger partial charge in [-0.05, 0) is 38.3 Å². The van der Waals surface area contributed by atoms with E-state index in [0.717, 1.165) is 0 Å². The molecule has 78 valence electrons. The van der Waals surface area contributed by atoms with Crippen LogP contribution in [0.4, 0.5) is 0 Å². The van der Waals surface area contributed by atoms with Crippen molar-refractivity contribution in [2.24, 2.45) is 5.92 Å². The van der Waals surface area contributed by atoms with Crippen LogP contribution in [0.2, 0.25) is 0 Å². The molecule has 1 unspecified atom stereocenters. The zero-order valence-electron chi connectivity index (χ0n) is 9.09. The van der Waals surface area contributed by atoms with Gasteiger partial charge in [-0.2, -0.15) is 0 Å². The fraction of sp³-hybridized carbons (Fsp3) is 0.545. The average molecular weight is 212 g/mol. The minimum Gasteiger partial charge on any atom is -0.300 e. The third kappa shape index (κ3) is 5.02. The van der Waals surface area contributed by atoms with Gasteiger partial charge in [0.1, 0.15) is 5.78 Å². The van der Waals surface area contributed by atoms with Crippen molar-refractivity contribution in [1.29, 1.82) is 0 Å². The van der Waals surface area contributed by atoms with Crippen LogP contribution < -0.4 is 0 Å². The summed E-state index contributed by atoms with van der Waals surface area (Å²) in [6.45, 7) is 6.67. The van der Waals surface area contributed by atoms with Crippen molar-refractivity contribution < 1.29 is 9.59 Å². The van der Waals surface area contributed by atoms with Crippen LogP contribution in [0.15, 0.2) is 11.6 Å². The van der Waals surface area contributed by atoms with E-state index in [2.05, 4.69) is 0 Å². The van der Waals surface area contributed by atoms with Gasteiger partial charge in [-0.25, -0.2) is 0 Å². The minimum atomic E-state index is 0.0161. The summed E-state index contributed by atoms with van der Waals surface area (Å²) in [6.07, 6.45) is 2.13. The molecule has 0 bridgehead atoms. The van der Waals surface area contributed by atoms with Crippen LogP contribution in [0.1, 0.15) is 34.1 Å². The standard InChI is InChI=1S/C11H16O2S/c1-7(10(4)13)6-11(14)8(2)5-9(3)12/h6,8H,5H2,1-4H3/b7-6+. The van der Waals surface area contributed by atoms with Gasteiger partial charge in [0.15, 0.2) is 5.78 Å². The molecule has 0 N–H and O–H groups in total. The average Bonchev–Trinajstić information content (AvgIpc) is 2.02. The molecule has 0 fully saturated rings. The van der Waals surface area contributed by atoms with E-state index in [-0.39, 0.29) is 17.5 Å². The maximum Gasteiger partial charge on any atom is 0.155 e. The maximum atomic E-state index is 10.9. The van der Waals surface area contributed by atoms with Crippen molar-refractivity contribution in [3.05, 3.63) is 11.6 Å². The molecule has 0 aliphatic rings. The first kappa shape index (κ1) is 13.2. The molecule has 0 radical (unpaired) electrons. The summed E-state index contributed by atoms with van der Waals surface area (Å²) in [6, 6.07) is 0. The quantitative estimate of drug-likeness (QED) is 0.518. The monoisotopic (exact) mass is 212 g/mol. The van der Waals surface area contributed by atoms with Crippen LogP contribution in [-0.2, 0) is 9.59 Å². The number of carbonyl (C=O) groups excluding carboxylic acids is 2. The second kappa shape index (κ2) is 5.81. The predicted octanol–water partition coefficient (Wildman–Crippen LogP) is 2.51. The molecule has 1 atom stereocenters. The molecule has 0 aromatic rings. The summed E-state index contributed by atoms with van der Waals surface area (Å²) < 4.78 is 0. The predicted molar refractivity (Wildman–Crippen MR) is 61.5 cm³/mol. The van der Waals surface area contributed by atoms with Crippen molar-refractivity contribution in [2.45, 2.75) is 34.1 Å². The number of hydrogen-bond donors (Lipinski definition) is 0. The van der Waals surface area contributed by atoms with Gasteiger partial charge in [0.05, 0.1) is 0 Å². The van der Waals surface area contributed by atoms with Crippen LogP contribution in [0.5, 0.6) is 0 Å². The van der Waals surface area contributed by atoms with E-state index in [9.17, 15) is 9.59 Å². The molecule has 0 aliphatic heterocycles. The molecular formula is C11H16O2S. The molecule has 0 aromatic heterocycles. The number of hydrogen-bond acceptors (Lipinski definition) is 3. The van der Waals surface area contributed by atoms with Crippen LogP contribution in [0.25, 0.3) is 0 Å². The third-order valence-corrected chi connectivity index (χ3v) is 2.51. The van der Waals surface area contributed by atoms with Gasteiger partial charge in [-0.3, -0.25) is 4.79 Å². The molecule has 0 spiro atoms. The molecule has 3 heteroatoms. The van der Waals surface area contributed by atoms with Crippen LogP contribution in [-0.4, -0.2) is 16.4 Å². The van der Waals surface area contributed by atoms with E-state index in [0.29, 0.717) is 16.9 Å². The Balaban J connectivity index is 4.41. The first-order chi connectivity index (χ1) is 6.34. The number of allylic oxidation sites excluding steroid dienone is 2. The van der Waals surface area contributed by atoms with Gasteiger partial charge in [0.2, 0.25) is 0 Å². The lowest BCUT2D eigenvalue weighted by Crippen LogP contribution is -2.11. The lowest BCUT2D eigenvalue weighted by Gasteiger charge is -2.07. The Morgan fingerprint density at radius 2 is 1.79 bits per heavy atom. The Bertz CT molecular complexity index is 290. The van der Waals surface area contributed by atoms with E-state index in [1.54, 1.807) is 19.9 Å². The van der Waals surface area contributed by atoms with E-state index < -0.39 is 0 Å². The normalized spacial score (nSPS) is 13.6. The largest absolute Gasteiger partial charge is 0.300 e.